The molecule has 0 radical (unpaired) electrons. The Morgan fingerprint density at radius 1 is 1.32 bits per heavy atom. The monoisotopic (exact) mass is 394 g/mol. The van der Waals surface area contributed by atoms with Gasteiger partial charge < -0.3 is 14.1 Å². The van der Waals surface area contributed by atoms with E-state index in [1.165, 1.54) is 17.6 Å². The number of carbonyl (C=O) groups excluding carboxylic acids is 1. The number of hydrogen-bond acceptors (Lipinski definition) is 7. The van der Waals surface area contributed by atoms with Crippen LogP contribution in [0.3, 0.4) is 0 Å². The summed E-state index contributed by atoms with van der Waals surface area (Å²) in [5, 5.41) is 4.70. The Morgan fingerprint density at radius 3 is 3.04 bits per heavy atom. The predicted octanol–water partition coefficient (Wildman–Crippen LogP) is 4.09. The fourth-order valence-corrected chi connectivity index (χ4v) is 3.53. The molecule has 0 aliphatic carbocycles. The van der Waals surface area contributed by atoms with Crippen molar-refractivity contribution in [1.82, 2.24) is 19.9 Å². The fraction of sp³-hybridized carbons (Fsp3) is 0.200. The number of carbonyl (C=O) groups is 1. The third-order valence-corrected chi connectivity index (χ3v) is 5.42. The largest absolute Gasteiger partial charge is 0.483 e. The molecule has 0 bridgehead atoms. The van der Waals surface area contributed by atoms with Crippen molar-refractivity contribution in [3.8, 4) is 5.75 Å². The van der Waals surface area contributed by atoms with Crippen molar-refractivity contribution in [2.75, 3.05) is 7.05 Å². The van der Waals surface area contributed by atoms with Crippen molar-refractivity contribution in [1.29, 1.82) is 0 Å². The maximum absolute atomic E-state index is 12.7. The Morgan fingerprint density at radius 2 is 2.21 bits per heavy atom. The molecule has 1 atom stereocenters. The Bertz CT molecular complexity index is 1090. The third-order valence-electron chi connectivity index (χ3n) is 4.47. The maximum atomic E-state index is 12.7. The molecule has 3 aromatic heterocycles. The molecular formula is C20H18N4O3S. The zero-order valence-electron chi connectivity index (χ0n) is 15.4. The number of pyridine rings is 1. The van der Waals surface area contributed by atoms with Gasteiger partial charge in [0.15, 0.2) is 12.3 Å². The van der Waals surface area contributed by atoms with E-state index in [2.05, 4.69) is 15.0 Å². The van der Waals surface area contributed by atoms with Crippen molar-refractivity contribution in [2.45, 2.75) is 19.6 Å². The van der Waals surface area contributed by atoms with Gasteiger partial charge in [-0.3, -0.25) is 9.78 Å². The van der Waals surface area contributed by atoms with Crippen molar-refractivity contribution in [2.24, 2.45) is 0 Å². The summed E-state index contributed by atoms with van der Waals surface area (Å²) in [5.74, 6) is 0.819. The smallest absolute Gasteiger partial charge is 0.276 e. The molecule has 0 saturated heterocycles. The van der Waals surface area contributed by atoms with E-state index in [-0.39, 0.29) is 24.2 Å². The highest BCUT2D eigenvalue weighted by atomic mass is 32.1. The van der Waals surface area contributed by atoms with Crippen LogP contribution in [0.15, 0.2) is 58.9 Å². The highest BCUT2D eigenvalue weighted by molar-refractivity contribution is 7.09. The van der Waals surface area contributed by atoms with Crippen molar-refractivity contribution < 1.29 is 13.9 Å². The van der Waals surface area contributed by atoms with E-state index >= 15 is 0 Å². The van der Waals surface area contributed by atoms with Gasteiger partial charge in [0, 0.05) is 41.8 Å². The van der Waals surface area contributed by atoms with E-state index in [1.807, 2.05) is 36.6 Å². The second kappa shape index (κ2) is 7.77. The molecule has 8 heteroatoms. The van der Waals surface area contributed by atoms with Gasteiger partial charge in [-0.25, -0.2) is 9.97 Å². The molecule has 0 saturated carbocycles. The van der Waals surface area contributed by atoms with Crippen molar-refractivity contribution in [3.05, 3.63) is 71.1 Å². The lowest BCUT2D eigenvalue weighted by molar-refractivity contribution is 0.0736. The first-order valence-electron chi connectivity index (χ1n) is 8.70. The SMILES string of the molecule is C[C@@H](c1nccs1)N(C)C(=O)c1coc(COc2cccc3cnccc23)n1. The lowest BCUT2D eigenvalue weighted by Crippen LogP contribution is -2.29. The zero-order chi connectivity index (χ0) is 19.5. The number of oxazole rings is 1. The van der Waals surface area contributed by atoms with Crippen LogP contribution in [0.1, 0.15) is 34.4 Å². The summed E-state index contributed by atoms with van der Waals surface area (Å²) >= 11 is 1.51. The topological polar surface area (TPSA) is 81.4 Å². The molecule has 0 aliphatic rings. The van der Waals surface area contributed by atoms with Gasteiger partial charge in [-0.05, 0) is 19.1 Å². The van der Waals surface area contributed by atoms with Crippen LogP contribution in [0.25, 0.3) is 10.8 Å². The molecule has 1 aromatic carbocycles. The lowest BCUT2D eigenvalue weighted by Gasteiger charge is -2.21. The molecule has 3 heterocycles. The maximum Gasteiger partial charge on any atom is 0.276 e. The normalized spacial score (nSPS) is 12.1. The van der Waals surface area contributed by atoms with E-state index in [0.717, 1.165) is 15.8 Å². The number of hydrogen-bond donors (Lipinski definition) is 0. The summed E-state index contributed by atoms with van der Waals surface area (Å²) in [6, 6.07) is 7.49. The zero-order valence-corrected chi connectivity index (χ0v) is 16.2. The van der Waals surface area contributed by atoms with Gasteiger partial charge in [-0.2, -0.15) is 0 Å². The molecule has 7 nitrogen and oxygen atoms in total. The van der Waals surface area contributed by atoms with Gasteiger partial charge in [-0.15, -0.1) is 11.3 Å². The molecule has 1 amide bonds. The molecule has 0 aliphatic heterocycles. The van der Waals surface area contributed by atoms with E-state index in [1.54, 1.807) is 30.5 Å². The summed E-state index contributed by atoms with van der Waals surface area (Å²) in [6.07, 6.45) is 6.59. The summed E-state index contributed by atoms with van der Waals surface area (Å²) in [7, 11) is 1.73. The number of aromatic nitrogens is 3. The summed E-state index contributed by atoms with van der Waals surface area (Å²) < 4.78 is 11.3. The van der Waals surface area contributed by atoms with E-state index in [9.17, 15) is 4.79 Å². The molecule has 28 heavy (non-hydrogen) atoms. The molecular weight excluding hydrogens is 376 g/mol. The number of rotatable bonds is 6. The van der Waals surface area contributed by atoms with Crippen LogP contribution in [-0.4, -0.2) is 32.8 Å². The minimum Gasteiger partial charge on any atom is -0.483 e. The van der Waals surface area contributed by atoms with Crippen LogP contribution in [-0.2, 0) is 6.61 Å². The van der Waals surface area contributed by atoms with Gasteiger partial charge in [0.05, 0.1) is 6.04 Å². The minimum absolute atomic E-state index is 0.125. The number of amides is 1. The molecule has 0 unspecified atom stereocenters. The first-order valence-corrected chi connectivity index (χ1v) is 9.58. The molecule has 0 N–H and O–H groups in total. The molecule has 4 aromatic rings. The average Bonchev–Trinajstić information content (AvgIpc) is 3.43. The minimum atomic E-state index is -0.228. The Kier molecular flexibility index (Phi) is 5.03. The van der Waals surface area contributed by atoms with Gasteiger partial charge in [0.1, 0.15) is 17.0 Å². The van der Waals surface area contributed by atoms with Crippen LogP contribution in [0.4, 0.5) is 0 Å². The van der Waals surface area contributed by atoms with Crippen molar-refractivity contribution in [3.63, 3.8) is 0 Å². The van der Waals surface area contributed by atoms with Gasteiger partial charge in [0.25, 0.3) is 5.91 Å². The van der Waals surface area contributed by atoms with E-state index in [0.29, 0.717) is 11.6 Å². The Hall–Kier alpha value is -3.26. The fourth-order valence-electron chi connectivity index (χ4n) is 2.80. The van der Waals surface area contributed by atoms with Crippen LogP contribution in [0.2, 0.25) is 0 Å². The Balaban J connectivity index is 1.45. The average molecular weight is 394 g/mol. The second-order valence-corrected chi connectivity index (χ2v) is 7.16. The number of benzene rings is 1. The number of fused-ring (bicyclic) bond motifs is 1. The molecule has 142 valence electrons. The first-order chi connectivity index (χ1) is 13.6. The third kappa shape index (κ3) is 3.59. The van der Waals surface area contributed by atoms with Crippen molar-refractivity contribution >= 4 is 28.0 Å². The molecule has 4 rings (SSSR count). The number of nitrogens with zero attached hydrogens (tertiary/aromatic N) is 4. The molecule has 0 fully saturated rings. The predicted molar refractivity (Wildman–Crippen MR) is 105 cm³/mol. The number of thiazole rings is 1. The summed E-state index contributed by atoms with van der Waals surface area (Å²) in [6.45, 7) is 2.05. The van der Waals surface area contributed by atoms with Crippen LogP contribution < -0.4 is 4.74 Å². The van der Waals surface area contributed by atoms with Crippen LogP contribution in [0.5, 0.6) is 5.75 Å². The van der Waals surface area contributed by atoms with E-state index in [4.69, 9.17) is 9.15 Å². The van der Waals surface area contributed by atoms with E-state index < -0.39 is 0 Å². The summed E-state index contributed by atoms with van der Waals surface area (Å²) in [5.41, 5.74) is 0.242. The van der Waals surface area contributed by atoms with Crippen LogP contribution in [0, 0.1) is 0 Å². The van der Waals surface area contributed by atoms with Gasteiger partial charge in [0.2, 0.25) is 5.89 Å². The quantitative estimate of drug-likeness (QED) is 0.490. The van der Waals surface area contributed by atoms with Crippen LogP contribution >= 0.6 is 11.3 Å². The molecule has 0 spiro atoms. The highest BCUT2D eigenvalue weighted by Gasteiger charge is 2.23. The van der Waals surface area contributed by atoms with Gasteiger partial charge >= 0.3 is 0 Å². The Labute approximate surface area is 165 Å². The number of ether oxygens (including phenoxy) is 1. The summed E-state index contributed by atoms with van der Waals surface area (Å²) in [4.78, 5) is 26.9. The lowest BCUT2D eigenvalue weighted by atomic mass is 10.1. The highest BCUT2D eigenvalue weighted by Crippen LogP contribution is 2.26. The first kappa shape index (κ1) is 18.1. The van der Waals surface area contributed by atoms with Gasteiger partial charge in [-0.1, -0.05) is 12.1 Å². The standard InChI is InChI=1S/C20H18N4O3S/c1-13(19-22-8-9-28-19)24(2)20(25)16-11-27-18(23-16)12-26-17-5-3-4-14-10-21-7-6-15(14)17/h3-11,13H,12H2,1-2H3/t13-/m0/s1. The second-order valence-electron chi connectivity index (χ2n) is 6.23.